The summed E-state index contributed by atoms with van der Waals surface area (Å²) in [6.45, 7) is 5.27. The van der Waals surface area contributed by atoms with Crippen molar-refractivity contribution in [3.8, 4) is 0 Å². The molecule has 18 heavy (non-hydrogen) atoms. The Kier molecular flexibility index (Phi) is 6.07. The van der Waals surface area contributed by atoms with Crippen LogP contribution < -0.4 is 10.6 Å². The van der Waals surface area contributed by atoms with Gasteiger partial charge in [0.05, 0.1) is 12.4 Å². The predicted octanol–water partition coefficient (Wildman–Crippen LogP) is 1.06. The van der Waals surface area contributed by atoms with E-state index in [1.54, 1.807) is 13.3 Å². The van der Waals surface area contributed by atoms with Gasteiger partial charge in [0.15, 0.2) is 0 Å². The average molecular weight is 252 g/mol. The first-order valence-electron chi connectivity index (χ1n) is 5.99. The standard InChI is InChI=1S/C12H20N4O2/c1-9(2)16-12(17)10-7-15-11(8-14-10)13-5-4-6-18-3/h7-9H,4-6H2,1-3H3,(H,13,15)(H,16,17). The second-order valence-electron chi connectivity index (χ2n) is 4.19. The van der Waals surface area contributed by atoms with Gasteiger partial charge in [-0.2, -0.15) is 0 Å². The van der Waals surface area contributed by atoms with E-state index in [4.69, 9.17) is 4.74 Å². The first kappa shape index (κ1) is 14.4. The number of aromatic nitrogens is 2. The Morgan fingerprint density at radius 1 is 1.39 bits per heavy atom. The Balaban J connectivity index is 2.44. The summed E-state index contributed by atoms with van der Waals surface area (Å²) in [7, 11) is 1.67. The number of nitrogens with zero attached hydrogens (tertiary/aromatic N) is 2. The molecule has 0 saturated carbocycles. The van der Waals surface area contributed by atoms with E-state index in [1.807, 2.05) is 13.8 Å². The summed E-state index contributed by atoms with van der Waals surface area (Å²) >= 11 is 0. The van der Waals surface area contributed by atoms with Crippen molar-refractivity contribution in [3.63, 3.8) is 0 Å². The van der Waals surface area contributed by atoms with E-state index in [0.29, 0.717) is 18.1 Å². The fourth-order valence-corrected chi connectivity index (χ4v) is 1.31. The fraction of sp³-hybridized carbons (Fsp3) is 0.583. The van der Waals surface area contributed by atoms with Crippen LogP contribution in [0.15, 0.2) is 12.4 Å². The number of hydrogen-bond donors (Lipinski definition) is 2. The van der Waals surface area contributed by atoms with Crippen LogP contribution in [0.2, 0.25) is 0 Å². The number of carbonyl (C=O) groups is 1. The largest absolute Gasteiger partial charge is 0.385 e. The first-order valence-corrected chi connectivity index (χ1v) is 5.99. The third-order valence-corrected chi connectivity index (χ3v) is 2.14. The summed E-state index contributed by atoms with van der Waals surface area (Å²) in [6.07, 6.45) is 3.92. The van der Waals surface area contributed by atoms with E-state index >= 15 is 0 Å². The number of methoxy groups -OCH3 is 1. The molecule has 2 N–H and O–H groups in total. The Bertz CT molecular complexity index is 365. The van der Waals surface area contributed by atoms with E-state index in [9.17, 15) is 4.79 Å². The molecule has 1 heterocycles. The molecule has 0 saturated heterocycles. The molecule has 0 bridgehead atoms. The van der Waals surface area contributed by atoms with Gasteiger partial charge in [-0.25, -0.2) is 9.97 Å². The van der Waals surface area contributed by atoms with E-state index < -0.39 is 0 Å². The summed E-state index contributed by atoms with van der Waals surface area (Å²) in [6, 6.07) is 0.0890. The molecule has 0 aliphatic carbocycles. The molecule has 1 aromatic heterocycles. The van der Waals surface area contributed by atoms with Crippen LogP contribution in [0.3, 0.4) is 0 Å². The van der Waals surface area contributed by atoms with Crippen molar-refractivity contribution < 1.29 is 9.53 Å². The third kappa shape index (κ3) is 5.09. The van der Waals surface area contributed by atoms with E-state index in [0.717, 1.165) is 13.0 Å². The number of ether oxygens (including phenoxy) is 1. The zero-order chi connectivity index (χ0) is 13.4. The molecule has 1 aromatic rings. The van der Waals surface area contributed by atoms with Crippen molar-refractivity contribution >= 4 is 11.7 Å². The molecule has 6 heteroatoms. The minimum Gasteiger partial charge on any atom is -0.385 e. The van der Waals surface area contributed by atoms with Gasteiger partial charge in [-0.15, -0.1) is 0 Å². The molecule has 6 nitrogen and oxygen atoms in total. The maximum Gasteiger partial charge on any atom is 0.271 e. The van der Waals surface area contributed by atoms with Gasteiger partial charge in [0.1, 0.15) is 11.5 Å². The highest BCUT2D eigenvalue weighted by molar-refractivity contribution is 5.92. The lowest BCUT2D eigenvalue weighted by atomic mass is 10.3. The molecule has 0 aliphatic heterocycles. The number of nitrogens with one attached hydrogen (secondary N) is 2. The highest BCUT2D eigenvalue weighted by atomic mass is 16.5. The summed E-state index contributed by atoms with van der Waals surface area (Å²) in [5.41, 5.74) is 0.325. The fourth-order valence-electron chi connectivity index (χ4n) is 1.31. The molecule has 0 aliphatic rings. The maximum absolute atomic E-state index is 11.6. The normalized spacial score (nSPS) is 10.4. The minimum atomic E-state index is -0.205. The molecular weight excluding hydrogens is 232 g/mol. The summed E-state index contributed by atoms with van der Waals surface area (Å²) in [5, 5.41) is 5.86. The van der Waals surface area contributed by atoms with Crippen molar-refractivity contribution in [3.05, 3.63) is 18.1 Å². The highest BCUT2D eigenvalue weighted by Gasteiger charge is 2.08. The smallest absolute Gasteiger partial charge is 0.271 e. The summed E-state index contributed by atoms with van der Waals surface area (Å²) in [4.78, 5) is 19.8. The highest BCUT2D eigenvalue weighted by Crippen LogP contribution is 2.01. The van der Waals surface area contributed by atoms with Gasteiger partial charge in [-0.1, -0.05) is 0 Å². The lowest BCUT2D eigenvalue weighted by Crippen LogP contribution is -2.30. The summed E-state index contributed by atoms with van der Waals surface area (Å²) in [5.74, 6) is 0.454. The van der Waals surface area contributed by atoms with Gasteiger partial charge in [-0.05, 0) is 20.3 Å². The van der Waals surface area contributed by atoms with E-state index in [-0.39, 0.29) is 11.9 Å². The number of amides is 1. The van der Waals surface area contributed by atoms with Crippen LogP contribution in [0.5, 0.6) is 0 Å². The van der Waals surface area contributed by atoms with Gasteiger partial charge in [0.25, 0.3) is 5.91 Å². The van der Waals surface area contributed by atoms with Crippen LogP contribution in [-0.2, 0) is 4.74 Å². The topological polar surface area (TPSA) is 76.1 Å². The molecule has 0 spiro atoms. The van der Waals surface area contributed by atoms with Gasteiger partial charge >= 0.3 is 0 Å². The molecule has 0 atom stereocenters. The van der Waals surface area contributed by atoms with Crippen molar-refractivity contribution in [1.82, 2.24) is 15.3 Å². The zero-order valence-corrected chi connectivity index (χ0v) is 11.1. The average Bonchev–Trinajstić information content (AvgIpc) is 2.34. The van der Waals surface area contributed by atoms with Gasteiger partial charge in [0, 0.05) is 26.3 Å². The summed E-state index contributed by atoms with van der Waals surface area (Å²) < 4.78 is 4.94. The molecular formula is C12H20N4O2. The second-order valence-corrected chi connectivity index (χ2v) is 4.19. The van der Waals surface area contributed by atoms with Crippen molar-refractivity contribution in [2.24, 2.45) is 0 Å². The van der Waals surface area contributed by atoms with Gasteiger partial charge in [-0.3, -0.25) is 4.79 Å². The predicted molar refractivity (Wildman–Crippen MR) is 69.6 cm³/mol. The van der Waals surface area contributed by atoms with Crippen molar-refractivity contribution in [1.29, 1.82) is 0 Å². The molecule has 0 unspecified atom stereocenters. The number of rotatable bonds is 7. The minimum absolute atomic E-state index is 0.0890. The Hall–Kier alpha value is -1.69. The molecule has 1 rings (SSSR count). The van der Waals surface area contributed by atoms with Crippen molar-refractivity contribution in [2.75, 3.05) is 25.6 Å². The Morgan fingerprint density at radius 2 is 2.17 bits per heavy atom. The third-order valence-electron chi connectivity index (χ3n) is 2.14. The van der Waals surface area contributed by atoms with Gasteiger partial charge < -0.3 is 15.4 Å². The zero-order valence-electron chi connectivity index (χ0n) is 11.1. The SMILES string of the molecule is COCCCNc1cnc(C(=O)NC(C)C)cn1. The Morgan fingerprint density at radius 3 is 2.72 bits per heavy atom. The molecule has 100 valence electrons. The lowest BCUT2D eigenvalue weighted by Gasteiger charge is -2.08. The molecule has 0 radical (unpaired) electrons. The number of carbonyl (C=O) groups excluding carboxylic acids is 1. The molecule has 0 aromatic carbocycles. The number of anilines is 1. The maximum atomic E-state index is 11.6. The van der Waals surface area contributed by atoms with Crippen LogP contribution in [-0.4, -0.2) is 42.2 Å². The molecule has 1 amide bonds. The van der Waals surface area contributed by atoms with Crippen LogP contribution in [0.4, 0.5) is 5.82 Å². The Labute approximate surface area is 107 Å². The van der Waals surface area contributed by atoms with E-state index in [1.165, 1.54) is 6.20 Å². The first-order chi connectivity index (χ1) is 8.63. The monoisotopic (exact) mass is 252 g/mol. The van der Waals surface area contributed by atoms with Crippen LogP contribution >= 0.6 is 0 Å². The van der Waals surface area contributed by atoms with Crippen LogP contribution in [0.1, 0.15) is 30.8 Å². The number of hydrogen-bond acceptors (Lipinski definition) is 5. The van der Waals surface area contributed by atoms with Crippen molar-refractivity contribution in [2.45, 2.75) is 26.3 Å². The second kappa shape index (κ2) is 7.60. The van der Waals surface area contributed by atoms with Crippen LogP contribution in [0, 0.1) is 0 Å². The van der Waals surface area contributed by atoms with Crippen LogP contribution in [0.25, 0.3) is 0 Å². The quantitative estimate of drug-likeness (QED) is 0.710. The molecule has 0 fully saturated rings. The van der Waals surface area contributed by atoms with Gasteiger partial charge in [0.2, 0.25) is 0 Å². The van der Waals surface area contributed by atoms with E-state index in [2.05, 4.69) is 20.6 Å². The lowest BCUT2D eigenvalue weighted by molar-refractivity contribution is 0.0937.